The molecule has 3 aromatic carbocycles. The highest BCUT2D eigenvalue weighted by Crippen LogP contribution is 2.34. The van der Waals surface area contributed by atoms with E-state index in [1.165, 1.54) is 30.2 Å². The maximum Gasteiger partial charge on any atom is 0.259 e. The van der Waals surface area contributed by atoms with Gasteiger partial charge in [-0.05, 0) is 61.9 Å². The number of thioether (sulfide) groups is 1. The van der Waals surface area contributed by atoms with Crippen LogP contribution in [-0.4, -0.2) is 43.9 Å². The highest BCUT2D eigenvalue weighted by atomic mass is 32.2. The van der Waals surface area contributed by atoms with E-state index >= 15 is 0 Å². The van der Waals surface area contributed by atoms with Crippen molar-refractivity contribution in [3.05, 3.63) is 71.3 Å². The molecule has 198 valence electrons. The van der Waals surface area contributed by atoms with Crippen LogP contribution in [0.5, 0.6) is 17.2 Å². The van der Waals surface area contributed by atoms with Crippen LogP contribution in [0.15, 0.2) is 58.9 Å². The Morgan fingerprint density at radius 1 is 1.00 bits per heavy atom. The number of thiazole rings is 1. The average Bonchev–Trinajstić information content (AvgIpc) is 3.34. The molecule has 0 aliphatic rings. The van der Waals surface area contributed by atoms with Crippen LogP contribution < -0.4 is 24.8 Å². The van der Waals surface area contributed by atoms with Crippen LogP contribution in [0.3, 0.4) is 0 Å². The molecule has 2 amide bonds. The lowest BCUT2D eigenvalue weighted by Gasteiger charge is -2.14. The smallest absolute Gasteiger partial charge is 0.259 e. The fraction of sp³-hybridized carbons (Fsp3) is 0.250. The number of hydrogen-bond acceptors (Lipinski definition) is 8. The minimum Gasteiger partial charge on any atom is -0.497 e. The number of carbonyl (C=O) groups excluding carboxylic acids is 2. The normalized spacial score (nSPS) is 11.6. The van der Waals surface area contributed by atoms with E-state index in [1.807, 2.05) is 50.2 Å². The zero-order valence-electron chi connectivity index (χ0n) is 21.8. The van der Waals surface area contributed by atoms with Gasteiger partial charge in [-0.25, -0.2) is 4.98 Å². The molecular weight excluding hydrogens is 522 g/mol. The summed E-state index contributed by atoms with van der Waals surface area (Å²) in [6.45, 7) is 3.79. The van der Waals surface area contributed by atoms with E-state index < -0.39 is 0 Å². The van der Waals surface area contributed by atoms with Crippen LogP contribution in [0.4, 0.5) is 5.69 Å². The number of hydrogen-bond donors (Lipinski definition) is 2. The van der Waals surface area contributed by atoms with Crippen molar-refractivity contribution >= 4 is 50.8 Å². The number of anilines is 1. The summed E-state index contributed by atoms with van der Waals surface area (Å²) < 4.78 is 17.7. The molecule has 0 spiro atoms. The molecule has 4 aromatic rings. The molecule has 10 heteroatoms. The molecule has 0 aliphatic carbocycles. The minimum atomic E-state index is -0.284. The molecule has 4 rings (SSSR count). The van der Waals surface area contributed by atoms with Gasteiger partial charge in [0.05, 0.1) is 48.9 Å². The summed E-state index contributed by atoms with van der Waals surface area (Å²) in [5.74, 6) is 1.79. The fourth-order valence-electron chi connectivity index (χ4n) is 3.96. The van der Waals surface area contributed by atoms with Crippen molar-refractivity contribution in [2.45, 2.75) is 24.2 Å². The van der Waals surface area contributed by atoms with Crippen molar-refractivity contribution in [1.82, 2.24) is 10.3 Å². The van der Waals surface area contributed by atoms with E-state index in [2.05, 4.69) is 15.6 Å². The third kappa shape index (κ3) is 6.20. The first-order valence-electron chi connectivity index (χ1n) is 11.8. The van der Waals surface area contributed by atoms with Crippen molar-refractivity contribution in [2.75, 3.05) is 32.4 Å². The molecule has 2 N–H and O–H groups in total. The quantitative estimate of drug-likeness (QED) is 0.239. The molecule has 1 atom stereocenters. The molecular formula is C28H29N3O5S2. The Bertz CT molecular complexity index is 1450. The Morgan fingerprint density at radius 3 is 2.45 bits per heavy atom. The standard InChI is InChI=1S/C28H29N3O5S2/c1-16-23(35-4)13-11-21(26(16)36-5)27(33)30-19-8-12-22-24(14-19)38-28(31-22)37-15-25(32)29-17(2)18-6-9-20(34-3)10-7-18/h6-14,17H,15H2,1-5H3,(H,29,32)(H,30,33). The number of amides is 2. The molecule has 8 nitrogen and oxygen atoms in total. The number of nitrogens with one attached hydrogen (secondary N) is 2. The summed E-state index contributed by atoms with van der Waals surface area (Å²) in [6, 6.07) is 16.5. The van der Waals surface area contributed by atoms with Crippen molar-refractivity contribution in [1.29, 1.82) is 0 Å². The van der Waals surface area contributed by atoms with E-state index in [-0.39, 0.29) is 23.6 Å². The van der Waals surface area contributed by atoms with Gasteiger partial charge in [-0.3, -0.25) is 9.59 Å². The van der Waals surface area contributed by atoms with Gasteiger partial charge in [0.25, 0.3) is 5.91 Å². The molecule has 0 radical (unpaired) electrons. The number of fused-ring (bicyclic) bond motifs is 1. The summed E-state index contributed by atoms with van der Waals surface area (Å²) in [4.78, 5) is 30.1. The van der Waals surface area contributed by atoms with Gasteiger partial charge in [0.2, 0.25) is 5.91 Å². The second-order valence-corrected chi connectivity index (χ2v) is 10.7. The first-order valence-corrected chi connectivity index (χ1v) is 13.6. The lowest BCUT2D eigenvalue weighted by molar-refractivity contribution is -0.119. The van der Waals surface area contributed by atoms with Gasteiger partial charge in [-0.2, -0.15) is 0 Å². The SMILES string of the molecule is COc1ccc(C(C)NC(=O)CSc2nc3ccc(NC(=O)c4ccc(OC)c(C)c4OC)cc3s2)cc1. The van der Waals surface area contributed by atoms with Crippen molar-refractivity contribution < 1.29 is 23.8 Å². The molecule has 0 saturated carbocycles. The van der Waals surface area contributed by atoms with Crippen molar-refractivity contribution in [2.24, 2.45) is 0 Å². The Balaban J connectivity index is 1.38. The predicted octanol–water partition coefficient (Wildman–Crippen LogP) is 5.85. The first kappa shape index (κ1) is 27.3. The number of rotatable bonds is 10. The van der Waals surface area contributed by atoms with Crippen LogP contribution in [-0.2, 0) is 4.79 Å². The van der Waals surface area contributed by atoms with E-state index in [9.17, 15) is 9.59 Å². The summed E-state index contributed by atoms with van der Waals surface area (Å²) in [7, 11) is 4.73. The first-order chi connectivity index (χ1) is 18.3. The molecule has 0 bridgehead atoms. The summed E-state index contributed by atoms with van der Waals surface area (Å²) >= 11 is 2.86. The second kappa shape index (κ2) is 12.2. The number of ether oxygens (including phenoxy) is 3. The molecule has 0 aliphatic heterocycles. The molecule has 0 fully saturated rings. The lowest BCUT2D eigenvalue weighted by atomic mass is 10.1. The summed E-state index contributed by atoms with van der Waals surface area (Å²) in [5, 5.41) is 5.95. The number of aromatic nitrogens is 1. The highest BCUT2D eigenvalue weighted by molar-refractivity contribution is 8.01. The molecule has 1 heterocycles. The monoisotopic (exact) mass is 551 g/mol. The van der Waals surface area contributed by atoms with Crippen LogP contribution in [0.2, 0.25) is 0 Å². The molecule has 1 aromatic heterocycles. The van der Waals surface area contributed by atoms with Gasteiger partial charge in [0.15, 0.2) is 4.34 Å². The van der Waals surface area contributed by atoms with Crippen LogP contribution in [0.25, 0.3) is 10.2 Å². The minimum absolute atomic E-state index is 0.0748. The van der Waals surface area contributed by atoms with E-state index in [0.717, 1.165) is 31.4 Å². The largest absolute Gasteiger partial charge is 0.497 e. The average molecular weight is 552 g/mol. The van der Waals surface area contributed by atoms with E-state index in [1.54, 1.807) is 32.4 Å². The van der Waals surface area contributed by atoms with Gasteiger partial charge < -0.3 is 24.8 Å². The Hall–Kier alpha value is -3.76. The second-order valence-electron chi connectivity index (χ2n) is 8.44. The Kier molecular flexibility index (Phi) is 8.75. The van der Waals surface area contributed by atoms with E-state index in [4.69, 9.17) is 14.2 Å². The topological polar surface area (TPSA) is 98.8 Å². The zero-order valence-corrected chi connectivity index (χ0v) is 23.4. The third-order valence-corrected chi connectivity index (χ3v) is 8.13. The maximum atomic E-state index is 13.0. The van der Waals surface area contributed by atoms with Gasteiger partial charge in [-0.1, -0.05) is 23.9 Å². The van der Waals surface area contributed by atoms with Crippen molar-refractivity contribution in [3.63, 3.8) is 0 Å². The molecule has 0 saturated heterocycles. The predicted molar refractivity (Wildman–Crippen MR) is 152 cm³/mol. The van der Waals surface area contributed by atoms with Gasteiger partial charge in [0, 0.05) is 11.3 Å². The fourth-order valence-corrected chi connectivity index (χ4v) is 5.88. The third-order valence-electron chi connectivity index (χ3n) is 5.97. The van der Waals surface area contributed by atoms with Gasteiger partial charge >= 0.3 is 0 Å². The zero-order chi connectivity index (χ0) is 27.2. The van der Waals surface area contributed by atoms with Crippen LogP contribution >= 0.6 is 23.1 Å². The Labute approximate surface area is 229 Å². The number of nitrogens with zero attached hydrogens (tertiary/aromatic N) is 1. The van der Waals surface area contributed by atoms with Crippen LogP contribution in [0, 0.1) is 6.92 Å². The molecule has 1 unspecified atom stereocenters. The van der Waals surface area contributed by atoms with Crippen LogP contribution in [0.1, 0.15) is 34.5 Å². The number of benzene rings is 3. The highest BCUT2D eigenvalue weighted by Gasteiger charge is 2.18. The van der Waals surface area contributed by atoms with E-state index in [0.29, 0.717) is 22.7 Å². The lowest BCUT2D eigenvalue weighted by Crippen LogP contribution is -2.28. The van der Waals surface area contributed by atoms with Crippen molar-refractivity contribution in [3.8, 4) is 17.2 Å². The number of methoxy groups -OCH3 is 3. The maximum absolute atomic E-state index is 13.0. The number of carbonyl (C=O) groups is 2. The van der Waals surface area contributed by atoms with Gasteiger partial charge in [-0.15, -0.1) is 11.3 Å². The summed E-state index contributed by atoms with van der Waals surface area (Å²) in [6.07, 6.45) is 0. The summed E-state index contributed by atoms with van der Waals surface area (Å²) in [5.41, 5.74) is 3.62. The molecule has 38 heavy (non-hydrogen) atoms. The Morgan fingerprint density at radius 2 is 1.76 bits per heavy atom. The van der Waals surface area contributed by atoms with Gasteiger partial charge in [0.1, 0.15) is 17.2 Å².